The standard InChI is InChI=1S/C22H19FN4OS/c1-14-6-8-15(9-7-14)21-18(27-19(25-21)10-11-20(26-27)29-2)13-24-22(28)16-4-3-5-17(23)12-16/h3-12H,13H2,1-2H3,(H,24,28). The molecule has 0 aliphatic heterocycles. The van der Waals surface area contributed by atoms with Crippen LogP contribution in [-0.2, 0) is 6.54 Å². The molecule has 4 rings (SSSR count). The quantitative estimate of drug-likeness (QED) is 0.496. The van der Waals surface area contributed by atoms with Crippen LogP contribution in [0.3, 0.4) is 0 Å². The maximum atomic E-state index is 13.4. The Morgan fingerprint density at radius 2 is 1.93 bits per heavy atom. The molecule has 5 nitrogen and oxygen atoms in total. The molecule has 0 radical (unpaired) electrons. The predicted molar refractivity (Wildman–Crippen MR) is 113 cm³/mol. The van der Waals surface area contributed by atoms with Crippen LogP contribution in [0.5, 0.6) is 0 Å². The molecule has 0 fully saturated rings. The number of thioether (sulfide) groups is 1. The van der Waals surface area contributed by atoms with Crippen molar-refractivity contribution in [2.75, 3.05) is 6.26 Å². The van der Waals surface area contributed by atoms with Crippen LogP contribution < -0.4 is 5.32 Å². The van der Waals surface area contributed by atoms with E-state index in [1.165, 1.54) is 30.0 Å². The molecule has 0 aliphatic carbocycles. The van der Waals surface area contributed by atoms with E-state index in [-0.39, 0.29) is 18.0 Å². The second-order valence-electron chi connectivity index (χ2n) is 6.61. The molecule has 1 amide bonds. The minimum absolute atomic E-state index is 0.213. The number of amides is 1. The highest BCUT2D eigenvalue weighted by molar-refractivity contribution is 7.98. The van der Waals surface area contributed by atoms with Gasteiger partial charge in [-0.25, -0.2) is 13.9 Å². The van der Waals surface area contributed by atoms with E-state index in [1.807, 2.05) is 49.6 Å². The second-order valence-corrected chi connectivity index (χ2v) is 7.44. The third kappa shape index (κ3) is 4.00. The zero-order valence-corrected chi connectivity index (χ0v) is 16.8. The van der Waals surface area contributed by atoms with Crippen LogP contribution >= 0.6 is 11.8 Å². The molecule has 0 bridgehead atoms. The summed E-state index contributed by atoms with van der Waals surface area (Å²) in [4.78, 5) is 17.2. The van der Waals surface area contributed by atoms with Crippen molar-refractivity contribution in [2.24, 2.45) is 0 Å². The van der Waals surface area contributed by atoms with Crippen LogP contribution in [0.1, 0.15) is 21.6 Å². The first-order valence-electron chi connectivity index (χ1n) is 9.08. The van der Waals surface area contributed by atoms with Gasteiger partial charge in [-0.05, 0) is 43.5 Å². The number of aromatic nitrogens is 3. The average molecular weight is 406 g/mol. The molecule has 0 saturated heterocycles. The molecule has 0 unspecified atom stereocenters. The Hall–Kier alpha value is -3.19. The summed E-state index contributed by atoms with van der Waals surface area (Å²) in [6.07, 6.45) is 1.96. The van der Waals surface area contributed by atoms with E-state index in [0.717, 1.165) is 27.5 Å². The van der Waals surface area contributed by atoms with Crippen molar-refractivity contribution in [1.29, 1.82) is 0 Å². The molecule has 0 saturated carbocycles. The lowest BCUT2D eigenvalue weighted by Crippen LogP contribution is -2.24. The van der Waals surface area contributed by atoms with Gasteiger partial charge in [-0.15, -0.1) is 11.8 Å². The van der Waals surface area contributed by atoms with Gasteiger partial charge in [0.05, 0.1) is 17.9 Å². The minimum Gasteiger partial charge on any atom is -0.346 e. The van der Waals surface area contributed by atoms with Crippen LogP contribution in [0, 0.1) is 12.7 Å². The number of hydrogen-bond donors (Lipinski definition) is 1. The van der Waals surface area contributed by atoms with Gasteiger partial charge in [-0.1, -0.05) is 35.9 Å². The number of nitrogens with zero attached hydrogens (tertiary/aromatic N) is 3. The smallest absolute Gasteiger partial charge is 0.251 e. The Kier molecular flexibility index (Phi) is 5.31. The third-order valence-corrected chi connectivity index (χ3v) is 5.22. The summed E-state index contributed by atoms with van der Waals surface area (Å²) >= 11 is 1.53. The van der Waals surface area contributed by atoms with Crippen molar-refractivity contribution in [2.45, 2.75) is 18.5 Å². The number of carbonyl (C=O) groups excluding carboxylic acids is 1. The normalized spacial score (nSPS) is 11.0. The fourth-order valence-electron chi connectivity index (χ4n) is 3.07. The van der Waals surface area contributed by atoms with Gasteiger partial charge in [0.15, 0.2) is 5.65 Å². The first kappa shape index (κ1) is 19.1. The summed E-state index contributed by atoms with van der Waals surface area (Å²) in [5.41, 5.74) is 4.60. The van der Waals surface area contributed by atoms with E-state index in [1.54, 1.807) is 10.6 Å². The molecule has 0 atom stereocenters. The van der Waals surface area contributed by atoms with Gasteiger partial charge in [0.2, 0.25) is 0 Å². The highest BCUT2D eigenvalue weighted by atomic mass is 32.2. The van der Waals surface area contributed by atoms with Crippen molar-refractivity contribution < 1.29 is 9.18 Å². The Morgan fingerprint density at radius 3 is 2.66 bits per heavy atom. The van der Waals surface area contributed by atoms with Crippen LogP contribution in [0.2, 0.25) is 0 Å². The molecule has 2 aromatic carbocycles. The van der Waals surface area contributed by atoms with E-state index in [4.69, 9.17) is 4.98 Å². The summed E-state index contributed by atoms with van der Waals surface area (Å²) in [6, 6.07) is 17.5. The number of nitrogens with one attached hydrogen (secondary N) is 1. The third-order valence-electron chi connectivity index (χ3n) is 4.58. The number of fused-ring (bicyclic) bond motifs is 1. The molecule has 7 heteroatoms. The van der Waals surface area contributed by atoms with Crippen molar-refractivity contribution in [3.05, 3.63) is 83.3 Å². The van der Waals surface area contributed by atoms with Crippen molar-refractivity contribution in [3.63, 3.8) is 0 Å². The van der Waals surface area contributed by atoms with Crippen molar-refractivity contribution in [3.8, 4) is 11.3 Å². The molecule has 1 N–H and O–H groups in total. The van der Waals surface area contributed by atoms with Gasteiger partial charge in [0.1, 0.15) is 10.8 Å². The minimum atomic E-state index is -0.445. The van der Waals surface area contributed by atoms with Gasteiger partial charge in [-0.2, -0.15) is 5.10 Å². The van der Waals surface area contributed by atoms with Gasteiger partial charge in [-0.3, -0.25) is 4.79 Å². The largest absolute Gasteiger partial charge is 0.346 e. The lowest BCUT2D eigenvalue weighted by atomic mass is 10.1. The first-order chi connectivity index (χ1) is 14.0. The predicted octanol–water partition coefficient (Wildman–Crippen LogP) is 4.50. The first-order valence-corrected chi connectivity index (χ1v) is 10.3. The van der Waals surface area contributed by atoms with Crippen molar-refractivity contribution in [1.82, 2.24) is 19.9 Å². The van der Waals surface area contributed by atoms with E-state index in [9.17, 15) is 9.18 Å². The fraction of sp³-hybridized carbons (Fsp3) is 0.136. The van der Waals surface area contributed by atoms with E-state index >= 15 is 0 Å². The Labute approximate surface area is 172 Å². The maximum Gasteiger partial charge on any atom is 0.251 e. The number of aryl methyl sites for hydroxylation is 1. The van der Waals surface area contributed by atoms with Gasteiger partial charge in [0.25, 0.3) is 5.91 Å². The summed E-state index contributed by atoms with van der Waals surface area (Å²) in [5, 5.41) is 8.34. The summed E-state index contributed by atoms with van der Waals surface area (Å²) in [7, 11) is 0. The average Bonchev–Trinajstić information content (AvgIpc) is 3.10. The molecular weight excluding hydrogens is 387 g/mol. The number of benzene rings is 2. The zero-order chi connectivity index (χ0) is 20.4. The maximum absolute atomic E-state index is 13.4. The van der Waals surface area contributed by atoms with Crippen LogP contribution in [0.15, 0.2) is 65.7 Å². The molecular formula is C22H19FN4OS. The zero-order valence-electron chi connectivity index (χ0n) is 16.0. The van der Waals surface area contributed by atoms with E-state index in [2.05, 4.69) is 10.4 Å². The summed E-state index contributed by atoms with van der Waals surface area (Å²) in [6.45, 7) is 2.24. The van der Waals surface area contributed by atoms with E-state index in [0.29, 0.717) is 5.65 Å². The van der Waals surface area contributed by atoms with Crippen LogP contribution in [-0.4, -0.2) is 26.8 Å². The number of hydrogen-bond acceptors (Lipinski definition) is 4. The molecule has 4 aromatic rings. The SMILES string of the molecule is CSc1ccc2nc(-c3ccc(C)cc3)c(CNC(=O)c3cccc(F)c3)n2n1. The second kappa shape index (κ2) is 8.05. The summed E-state index contributed by atoms with van der Waals surface area (Å²) in [5.74, 6) is -0.797. The lowest BCUT2D eigenvalue weighted by Gasteiger charge is -2.08. The monoisotopic (exact) mass is 406 g/mol. The van der Waals surface area contributed by atoms with Crippen LogP contribution in [0.25, 0.3) is 16.9 Å². The topological polar surface area (TPSA) is 59.3 Å². The highest BCUT2D eigenvalue weighted by Gasteiger charge is 2.17. The summed E-state index contributed by atoms with van der Waals surface area (Å²) < 4.78 is 15.2. The lowest BCUT2D eigenvalue weighted by molar-refractivity contribution is 0.0950. The number of rotatable bonds is 5. The van der Waals surface area contributed by atoms with Crippen molar-refractivity contribution >= 4 is 23.3 Å². The Balaban J connectivity index is 1.73. The Morgan fingerprint density at radius 1 is 1.14 bits per heavy atom. The molecule has 0 aliphatic rings. The molecule has 2 heterocycles. The van der Waals surface area contributed by atoms with Crippen LogP contribution in [0.4, 0.5) is 4.39 Å². The molecule has 146 valence electrons. The molecule has 29 heavy (non-hydrogen) atoms. The molecule has 2 aromatic heterocycles. The van der Waals surface area contributed by atoms with Gasteiger partial charge >= 0.3 is 0 Å². The highest BCUT2D eigenvalue weighted by Crippen LogP contribution is 2.25. The fourth-order valence-corrected chi connectivity index (χ4v) is 3.44. The van der Waals surface area contributed by atoms with Gasteiger partial charge < -0.3 is 5.32 Å². The number of imidazole rings is 1. The van der Waals surface area contributed by atoms with E-state index < -0.39 is 5.82 Å². The number of halogens is 1. The molecule has 0 spiro atoms. The number of carbonyl (C=O) groups is 1. The van der Waals surface area contributed by atoms with Gasteiger partial charge in [0, 0.05) is 11.1 Å². The Bertz CT molecular complexity index is 1190.